The molecule has 1 aliphatic carbocycles. The Hall–Kier alpha value is -0.980. The molecular formula is C13H21N3O2S. The number of nitrogens with zero attached hydrogens (tertiary/aromatic N) is 1. The van der Waals surface area contributed by atoms with Crippen LogP contribution in [0.3, 0.4) is 0 Å². The molecule has 1 heterocycles. The molecule has 5 nitrogen and oxygen atoms in total. The van der Waals surface area contributed by atoms with Gasteiger partial charge >= 0.3 is 0 Å². The van der Waals surface area contributed by atoms with Crippen LogP contribution in [0.2, 0.25) is 0 Å². The smallest absolute Gasteiger partial charge is 0.215 e. The Balaban J connectivity index is 1.83. The van der Waals surface area contributed by atoms with Gasteiger partial charge in [0.25, 0.3) is 0 Å². The molecule has 106 valence electrons. The molecule has 1 fully saturated rings. The Morgan fingerprint density at radius 1 is 1.42 bits per heavy atom. The van der Waals surface area contributed by atoms with E-state index in [2.05, 4.69) is 15.0 Å². The van der Waals surface area contributed by atoms with Crippen LogP contribution >= 0.6 is 0 Å². The zero-order chi connectivity index (χ0) is 13.9. The minimum Gasteiger partial charge on any atom is -0.313 e. The first-order valence-electron chi connectivity index (χ1n) is 6.61. The summed E-state index contributed by atoms with van der Waals surface area (Å²) in [4.78, 5) is 4.15. The second kappa shape index (κ2) is 5.98. The summed E-state index contributed by atoms with van der Waals surface area (Å²) in [6, 6.07) is 4.29. The summed E-state index contributed by atoms with van der Waals surface area (Å²) < 4.78 is 26.7. The topological polar surface area (TPSA) is 71.1 Å². The Kier molecular flexibility index (Phi) is 4.54. The molecule has 0 aromatic carbocycles. The van der Waals surface area contributed by atoms with E-state index in [0.29, 0.717) is 19.1 Å². The maximum atomic E-state index is 12.0. The van der Waals surface area contributed by atoms with E-state index in [0.717, 1.165) is 24.1 Å². The van der Waals surface area contributed by atoms with Crippen LogP contribution in [0.4, 0.5) is 0 Å². The van der Waals surface area contributed by atoms with Gasteiger partial charge in [-0.2, -0.15) is 0 Å². The third-order valence-corrected chi connectivity index (χ3v) is 5.02. The maximum Gasteiger partial charge on any atom is 0.215 e. The molecule has 1 aliphatic rings. The summed E-state index contributed by atoms with van der Waals surface area (Å²) in [6.07, 6.45) is 4.02. The van der Waals surface area contributed by atoms with Crippen molar-refractivity contribution in [3.8, 4) is 0 Å². The summed E-state index contributed by atoms with van der Waals surface area (Å²) in [6.45, 7) is 4.43. The molecule has 0 amide bonds. The highest BCUT2D eigenvalue weighted by Crippen LogP contribution is 2.18. The normalized spacial score (nSPS) is 17.4. The number of rotatable bonds is 7. The van der Waals surface area contributed by atoms with E-state index in [4.69, 9.17) is 0 Å². The average molecular weight is 283 g/mol. The highest BCUT2D eigenvalue weighted by molar-refractivity contribution is 7.90. The van der Waals surface area contributed by atoms with Crippen molar-refractivity contribution in [1.82, 2.24) is 15.0 Å². The Morgan fingerprint density at radius 2 is 2.16 bits per heavy atom. The first-order chi connectivity index (χ1) is 8.97. The third-order valence-electron chi connectivity index (χ3n) is 3.25. The molecule has 0 spiro atoms. The largest absolute Gasteiger partial charge is 0.313 e. The molecule has 2 rings (SSSR count). The number of aromatic nitrogens is 1. The highest BCUT2D eigenvalue weighted by Gasteiger charge is 2.25. The minimum absolute atomic E-state index is 0.295. The van der Waals surface area contributed by atoms with Gasteiger partial charge in [0.15, 0.2) is 0 Å². The van der Waals surface area contributed by atoms with Gasteiger partial charge in [0, 0.05) is 31.0 Å². The number of hydrogen-bond donors (Lipinski definition) is 2. The number of sulfonamides is 1. The molecule has 1 aromatic rings. The Labute approximate surface area is 114 Å². The van der Waals surface area contributed by atoms with E-state index in [-0.39, 0.29) is 0 Å². The molecule has 1 atom stereocenters. The Bertz CT molecular complexity index is 509. The van der Waals surface area contributed by atoms with Crippen LogP contribution in [0.25, 0.3) is 0 Å². The van der Waals surface area contributed by atoms with Crippen LogP contribution in [-0.2, 0) is 16.6 Å². The fourth-order valence-corrected chi connectivity index (χ4v) is 2.63. The molecule has 0 radical (unpaired) electrons. The number of aryl methyl sites for hydroxylation is 1. The SMILES string of the molecule is Cc1ccc(CNS(=O)(=O)C(C)CNC2CC2)cn1. The molecule has 1 unspecified atom stereocenters. The molecule has 1 aromatic heterocycles. The van der Waals surface area contributed by atoms with Gasteiger partial charge < -0.3 is 5.32 Å². The van der Waals surface area contributed by atoms with Gasteiger partial charge in [0.05, 0.1) is 5.25 Å². The van der Waals surface area contributed by atoms with Crippen molar-refractivity contribution in [3.05, 3.63) is 29.6 Å². The van der Waals surface area contributed by atoms with E-state index in [1.54, 1.807) is 13.1 Å². The average Bonchev–Trinajstić information content (AvgIpc) is 3.19. The van der Waals surface area contributed by atoms with Crippen molar-refractivity contribution in [2.75, 3.05) is 6.54 Å². The monoisotopic (exact) mass is 283 g/mol. The van der Waals surface area contributed by atoms with Crippen molar-refractivity contribution in [2.45, 2.75) is 44.5 Å². The third kappa shape index (κ3) is 4.56. The summed E-state index contributed by atoms with van der Waals surface area (Å²) in [5, 5.41) is 2.81. The van der Waals surface area contributed by atoms with Gasteiger partial charge in [0.1, 0.15) is 0 Å². The van der Waals surface area contributed by atoms with Crippen molar-refractivity contribution in [1.29, 1.82) is 0 Å². The van der Waals surface area contributed by atoms with Gasteiger partial charge in [-0.15, -0.1) is 0 Å². The first-order valence-corrected chi connectivity index (χ1v) is 8.15. The van der Waals surface area contributed by atoms with Gasteiger partial charge in [-0.1, -0.05) is 6.07 Å². The summed E-state index contributed by atoms with van der Waals surface area (Å²) in [5.74, 6) is 0. The zero-order valence-electron chi connectivity index (χ0n) is 11.4. The summed E-state index contributed by atoms with van der Waals surface area (Å²) in [5.41, 5.74) is 1.80. The maximum absolute atomic E-state index is 12.0. The molecule has 19 heavy (non-hydrogen) atoms. The van der Waals surface area contributed by atoms with E-state index >= 15 is 0 Å². The van der Waals surface area contributed by atoms with Crippen molar-refractivity contribution in [2.24, 2.45) is 0 Å². The zero-order valence-corrected chi connectivity index (χ0v) is 12.2. The van der Waals surface area contributed by atoms with Crippen LogP contribution < -0.4 is 10.0 Å². The van der Waals surface area contributed by atoms with Crippen LogP contribution in [0.1, 0.15) is 31.0 Å². The lowest BCUT2D eigenvalue weighted by Crippen LogP contribution is -2.39. The number of nitrogens with one attached hydrogen (secondary N) is 2. The molecule has 2 N–H and O–H groups in total. The second-order valence-corrected chi connectivity index (χ2v) is 7.35. The fourth-order valence-electron chi connectivity index (χ4n) is 1.66. The van der Waals surface area contributed by atoms with E-state index in [1.807, 2.05) is 19.1 Å². The Morgan fingerprint density at radius 3 is 2.74 bits per heavy atom. The predicted molar refractivity (Wildman–Crippen MR) is 75.2 cm³/mol. The highest BCUT2D eigenvalue weighted by atomic mass is 32.2. The molecule has 1 saturated carbocycles. The van der Waals surface area contributed by atoms with Crippen LogP contribution in [0, 0.1) is 6.92 Å². The van der Waals surface area contributed by atoms with Crippen molar-refractivity contribution >= 4 is 10.0 Å². The lowest BCUT2D eigenvalue weighted by atomic mass is 10.2. The lowest BCUT2D eigenvalue weighted by molar-refractivity contribution is 0.557. The van der Waals surface area contributed by atoms with Crippen molar-refractivity contribution in [3.63, 3.8) is 0 Å². The summed E-state index contributed by atoms with van der Waals surface area (Å²) >= 11 is 0. The number of pyridine rings is 1. The van der Waals surface area contributed by atoms with Crippen LogP contribution in [0.15, 0.2) is 18.3 Å². The van der Waals surface area contributed by atoms with Gasteiger partial charge in [-0.25, -0.2) is 13.1 Å². The standard InChI is InChI=1S/C13H21N3O2S/c1-10-3-4-12(8-14-10)9-16-19(17,18)11(2)7-15-13-5-6-13/h3-4,8,11,13,15-16H,5-7,9H2,1-2H3. The summed E-state index contributed by atoms with van der Waals surface area (Å²) in [7, 11) is -3.28. The molecule has 0 saturated heterocycles. The van der Waals surface area contributed by atoms with Gasteiger partial charge in [-0.3, -0.25) is 4.98 Å². The van der Waals surface area contributed by atoms with Crippen molar-refractivity contribution < 1.29 is 8.42 Å². The fraction of sp³-hybridized carbons (Fsp3) is 0.615. The molecule has 0 bridgehead atoms. The van der Waals surface area contributed by atoms with Crippen LogP contribution in [0.5, 0.6) is 0 Å². The quantitative estimate of drug-likeness (QED) is 0.781. The van der Waals surface area contributed by atoms with E-state index in [9.17, 15) is 8.42 Å². The molecular weight excluding hydrogens is 262 g/mol. The minimum atomic E-state index is -3.28. The molecule has 6 heteroatoms. The lowest BCUT2D eigenvalue weighted by Gasteiger charge is -2.14. The van der Waals surface area contributed by atoms with E-state index < -0.39 is 15.3 Å². The van der Waals surface area contributed by atoms with Gasteiger partial charge in [0.2, 0.25) is 10.0 Å². The first kappa shape index (κ1) is 14.4. The predicted octanol–water partition coefficient (Wildman–Crippen LogP) is 0.950. The van der Waals surface area contributed by atoms with Crippen LogP contribution in [-0.4, -0.2) is 31.2 Å². The number of hydrogen-bond acceptors (Lipinski definition) is 4. The van der Waals surface area contributed by atoms with E-state index in [1.165, 1.54) is 0 Å². The molecule has 0 aliphatic heterocycles. The second-order valence-electron chi connectivity index (χ2n) is 5.17. The van der Waals surface area contributed by atoms with Gasteiger partial charge in [-0.05, 0) is 38.3 Å².